The van der Waals surface area contributed by atoms with Crippen LogP contribution in [-0.2, 0) is 0 Å². The van der Waals surface area contributed by atoms with Crippen molar-refractivity contribution < 1.29 is 0 Å². The second-order valence-corrected chi connectivity index (χ2v) is 2.76. The molecule has 0 aliphatic carbocycles. The van der Waals surface area contributed by atoms with Crippen molar-refractivity contribution in [1.29, 1.82) is 5.41 Å². The van der Waals surface area contributed by atoms with Crippen LogP contribution < -0.4 is 0 Å². The van der Waals surface area contributed by atoms with Crippen LogP contribution in [0.25, 0.3) is 0 Å². The number of nitrogens with zero attached hydrogens (tertiary/aromatic N) is 1. The molecule has 0 amide bonds. The van der Waals surface area contributed by atoms with E-state index in [-0.39, 0.29) is 0 Å². The summed E-state index contributed by atoms with van der Waals surface area (Å²) in [6.45, 7) is 4.15. The van der Waals surface area contributed by atoms with E-state index in [9.17, 15) is 0 Å². The van der Waals surface area contributed by atoms with Gasteiger partial charge in [-0.25, -0.2) is 0 Å². The van der Waals surface area contributed by atoms with Crippen LogP contribution in [0.1, 0.15) is 13.8 Å². The Morgan fingerprint density at radius 3 is 2.50 bits per heavy atom. The highest BCUT2D eigenvalue weighted by atomic mass is 127. The molecule has 0 aromatic carbocycles. The molecule has 0 saturated heterocycles. The van der Waals surface area contributed by atoms with Gasteiger partial charge in [0.25, 0.3) is 0 Å². The molecule has 56 valence electrons. The van der Waals surface area contributed by atoms with E-state index in [0.29, 0.717) is 5.92 Å². The van der Waals surface area contributed by atoms with Crippen LogP contribution in [0.2, 0.25) is 0 Å². The van der Waals surface area contributed by atoms with Crippen LogP contribution in [0.5, 0.6) is 0 Å². The number of aliphatic imine (C=N–C) groups is 1. The Kier molecular flexibility index (Phi) is 5.48. The maximum Gasteiger partial charge on any atom is 0.0490 e. The van der Waals surface area contributed by atoms with Crippen molar-refractivity contribution in [3.05, 3.63) is 9.78 Å². The number of nitrogens with one attached hydrogen (secondary N) is 1. The van der Waals surface area contributed by atoms with Crippen LogP contribution in [0.3, 0.4) is 0 Å². The number of hydrogen-bond acceptors (Lipinski definition) is 2. The molecule has 0 bridgehead atoms. The largest absolute Gasteiger partial charge is 0.307 e. The number of rotatable bonds is 3. The van der Waals surface area contributed by atoms with E-state index < -0.39 is 0 Å². The highest BCUT2D eigenvalue weighted by molar-refractivity contribution is 14.1. The average molecular weight is 250 g/mol. The molecule has 0 radical (unpaired) electrons. The zero-order chi connectivity index (χ0) is 7.98. The molecule has 0 saturated carbocycles. The van der Waals surface area contributed by atoms with Gasteiger partial charge >= 0.3 is 0 Å². The third-order valence-electron chi connectivity index (χ3n) is 1.00. The monoisotopic (exact) mass is 250 g/mol. The van der Waals surface area contributed by atoms with Crippen LogP contribution >= 0.6 is 22.6 Å². The second-order valence-electron chi connectivity index (χ2n) is 2.13. The van der Waals surface area contributed by atoms with Gasteiger partial charge in [-0.1, -0.05) is 36.4 Å². The standard InChI is InChI=1S/C7H11IN2/c1-6(2)7(5-8)10-4-3-9/h3-6,9H,1-2H3/b7-5-,9-3?,10-4-. The highest BCUT2D eigenvalue weighted by Crippen LogP contribution is 2.11. The summed E-state index contributed by atoms with van der Waals surface area (Å²) in [6, 6.07) is 0. The lowest BCUT2D eigenvalue weighted by Gasteiger charge is -2.01. The summed E-state index contributed by atoms with van der Waals surface area (Å²) in [5, 5.41) is 6.71. The fourth-order valence-electron chi connectivity index (χ4n) is 0.427. The fraction of sp³-hybridized carbons (Fsp3) is 0.429. The third-order valence-corrected chi connectivity index (χ3v) is 1.64. The van der Waals surface area contributed by atoms with Crippen LogP contribution in [0, 0.1) is 11.3 Å². The van der Waals surface area contributed by atoms with Gasteiger partial charge in [0.2, 0.25) is 0 Å². The molecular formula is C7H11IN2. The van der Waals surface area contributed by atoms with Crippen molar-refractivity contribution in [2.45, 2.75) is 13.8 Å². The topological polar surface area (TPSA) is 36.2 Å². The van der Waals surface area contributed by atoms with Crippen molar-refractivity contribution >= 4 is 35.0 Å². The molecule has 3 heteroatoms. The Balaban J connectivity index is 4.10. The zero-order valence-electron chi connectivity index (χ0n) is 6.13. The van der Waals surface area contributed by atoms with Crippen molar-refractivity contribution in [2.24, 2.45) is 10.9 Å². The van der Waals surface area contributed by atoms with Gasteiger partial charge in [0.15, 0.2) is 0 Å². The van der Waals surface area contributed by atoms with E-state index in [1.54, 1.807) is 0 Å². The Hall–Kier alpha value is -0.190. The summed E-state index contributed by atoms with van der Waals surface area (Å²) in [5.41, 5.74) is 1.02. The fourth-order valence-corrected chi connectivity index (χ4v) is 1.31. The molecule has 0 aliphatic rings. The van der Waals surface area contributed by atoms with Gasteiger partial charge in [0.1, 0.15) is 0 Å². The van der Waals surface area contributed by atoms with Crippen LogP contribution in [0.15, 0.2) is 14.8 Å². The third kappa shape index (κ3) is 3.76. The summed E-state index contributed by atoms with van der Waals surface area (Å²) in [5.74, 6) is 0.438. The maximum absolute atomic E-state index is 6.71. The smallest absolute Gasteiger partial charge is 0.0490 e. The van der Waals surface area contributed by atoms with Crippen molar-refractivity contribution in [3.63, 3.8) is 0 Å². The van der Waals surface area contributed by atoms with Gasteiger partial charge in [0, 0.05) is 18.1 Å². The second kappa shape index (κ2) is 5.58. The van der Waals surface area contributed by atoms with Gasteiger partial charge in [-0.05, 0) is 10.0 Å². The van der Waals surface area contributed by atoms with E-state index in [2.05, 4.69) is 41.4 Å². The van der Waals surface area contributed by atoms with E-state index in [4.69, 9.17) is 5.41 Å². The molecule has 0 spiro atoms. The normalized spacial score (nSPS) is 13.0. The molecule has 0 rings (SSSR count). The quantitative estimate of drug-likeness (QED) is 0.590. The Morgan fingerprint density at radius 2 is 2.20 bits per heavy atom. The Morgan fingerprint density at radius 1 is 1.60 bits per heavy atom. The predicted molar refractivity (Wildman–Crippen MR) is 54.2 cm³/mol. The summed E-state index contributed by atoms with van der Waals surface area (Å²) in [7, 11) is 0. The summed E-state index contributed by atoms with van der Waals surface area (Å²) >= 11 is 2.15. The molecule has 0 heterocycles. The first-order valence-electron chi connectivity index (χ1n) is 3.05. The molecule has 1 N–H and O–H groups in total. The van der Waals surface area contributed by atoms with Crippen LogP contribution in [0.4, 0.5) is 0 Å². The minimum Gasteiger partial charge on any atom is -0.307 e. The minimum atomic E-state index is 0.438. The zero-order valence-corrected chi connectivity index (χ0v) is 8.29. The first kappa shape index (κ1) is 9.81. The molecule has 2 nitrogen and oxygen atoms in total. The SMILES string of the molecule is CC(C)C(=C/I)/N=C\C=N. The molecule has 10 heavy (non-hydrogen) atoms. The van der Waals surface area contributed by atoms with E-state index in [1.807, 2.05) is 4.08 Å². The average Bonchev–Trinajstić information content (AvgIpc) is 1.89. The molecule has 0 aromatic heterocycles. The molecule has 0 fully saturated rings. The predicted octanol–water partition coefficient (Wildman–Crippen LogP) is 2.64. The van der Waals surface area contributed by atoms with Gasteiger partial charge in [-0.2, -0.15) is 0 Å². The number of allylic oxidation sites excluding steroid dienone is 1. The molecule has 0 atom stereocenters. The van der Waals surface area contributed by atoms with Gasteiger partial charge in [-0.15, -0.1) is 0 Å². The minimum absolute atomic E-state index is 0.438. The molecule has 0 unspecified atom stereocenters. The Bertz CT molecular complexity index is 159. The van der Waals surface area contributed by atoms with Crippen molar-refractivity contribution in [2.75, 3.05) is 0 Å². The van der Waals surface area contributed by atoms with Crippen molar-refractivity contribution in [3.8, 4) is 0 Å². The Labute approximate surface area is 75.1 Å². The summed E-state index contributed by atoms with van der Waals surface area (Å²) < 4.78 is 1.93. The van der Waals surface area contributed by atoms with E-state index >= 15 is 0 Å². The lowest BCUT2D eigenvalue weighted by atomic mass is 10.2. The summed E-state index contributed by atoms with van der Waals surface area (Å²) in [4.78, 5) is 4.05. The molecule has 0 aliphatic heterocycles. The number of hydrogen-bond donors (Lipinski definition) is 1. The maximum atomic E-state index is 6.71. The lowest BCUT2D eigenvalue weighted by Crippen LogP contribution is -1.89. The van der Waals surface area contributed by atoms with E-state index in [0.717, 1.165) is 5.70 Å². The summed E-state index contributed by atoms with van der Waals surface area (Å²) in [6.07, 6.45) is 2.67. The van der Waals surface area contributed by atoms with Gasteiger partial charge in [0.05, 0.1) is 0 Å². The van der Waals surface area contributed by atoms with Gasteiger partial charge in [-0.3, -0.25) is 4.99 Å². The molecular weight excluding hydrogens is 239 g/mol. The van der Waals surface area contributed by atoms with Crippen LogP contribution in [-0.4, -0.2) is 12.4 Å². The molecule has 0 aromatic rings. The number of halogens is 1. The van der Waals surface area contributed by atoms with Gasteiger partial charge < -0.3 is 5.41 Å². The first-order valence-corrected chi connectivity index (χ1v) is 4.30. The van der Waals surface area contributed by atoms with E-state index in [1.165, 1.54) is 12.4 Å². The highest BCUT2D eigenvalue weighted by Gasteiger charge is 1.96. The lowest BCUT2D eigenvalue weighted by molar-refractivity contribution is 0.763. The first-order chi connectivity index (χ1) is 4.72. The van der Waals surface area contributed by atoms with Crippen molar-refractivity contribution in [1.82, 2.24) is 0 Å².